The lowest BCUT2D eigenvalue weighted by atomic mass is 9.99. The maximum absolute atomic E-state index is 9.79. The molecule has 1 heterocycles. The Balaban J connectivity index is 1.53. The number of fused-ring (bicyclic) bond motifs is 1. The van der Waals surface area contributed by atoms with Gasteiger partial charge in [-0.3, -0.25) is 4.90 Å². The van der Waals surface area contributed by atoms with Crippen LogP contribution in [0.1, 0.15) is 18.4 Å². The number of aliphatic hydroxyl groups is 1. The molecule has 0 spiro atoms. The predicted molar refractivity (Wildman–Crippen MR) is 89.4 cm³/mol. The Kier molecular flexibility index (Phi) is 3.73. The average Bonchev–Trinajstić information content (AvgIpc) is 3.05. The third kappa shape index (κ3) is 2.69. The monoisotopic (exact) mass is 293 g/mol. The smallest absolute Gasteiger partial charge is 0.0546 e. The lowest BCUT2D eigenvalue weighted by molar-refractivity contribution is 0.161. The van der Waals surface area contributed by atoms with Crippen molar-refractivity contribution in [1.29, 1.82) is 0 Å². The van der Waals surface area contributed by atoms with E-state index in [2.05, 4.69) is 59.5 Å². The number of rotatable bonds is 3. The summed E-state index contributed by atoms with van der Waals surface area (Å²) in [6.45, 7) is 3.31. The summed E-state index contributed by atoms with van der Waals surface area (Å²) in [5.74, 6) is 1.41. The molecule has 1 aliphatic heterocycles. The number of nitrogens with zero attached hydrogens (tertiary/aromatic N) is 1. The number of aliphatic hydroxyl groups excluding tert-OH is 1. The standard InChI is InChI=1S/C20H23NO/c22-19-10-17-13-21(14-18(17)11-19)12-16-8-4-5-9-20(16)15-6-2-1-3-7-15/h1-9,17-19,22H,10-14H2/t17-,18+,19?. The molecule has 22 heavy (non-hydrogen) atoms. The summed E-state index contributed by atoms with van der Waals surface area (Å²) in [7, 11) is 0. The van der Waals surface area contributed by atoms with E-state index in [0.29, 0.717) is 11.8 Å². The molecule has 1 aliphatic carbocycles. The summed E-state index contributed by atoms with van der Waals surface area (Å²) in [5.41, 5.74) is 4.06. The van der Waals surface area contributed by atoms with Crippen LogP contribution in [0.25, 0.3) is 11.1 Å². The summed E-state index contributed by atoms with van der Waals surface area (Å²) in [6.07, 6.45) is 1.96. The van der Waals surface area contributed by atoms with E-state index >= 15 is 0 Å². The maximum atomic E-state index is 9.79. The van der Waals surface area contributed by atoms with Crippen molar-refractivity contribution in [3.8, 4) is 11.1 Å². The molecule has 0 bridgehead atoms. The van der Waals surface area contributed by atoms with Gasteiger partial charge in [0.25, 0.3) is 0 Å². The molecule has 3 atom stereocenters. The van der Waals surface area contributed by atoms with Gasteiger partial charge in [-0.05, 0) is 41.4 Å². The third-order valence-electron chi connectivity index (χ3n) is 5.30. The van der Waals surface area contributed by atoms with Crippen LogP contribution in [-0.4, -0.2) is 29.2 Å². The van der Waals surface area contributed by atoms with Crippen LogP contribution in [0.3, 0.4) is 0 Å². The summed E-state index contributed by atoms with van der Waals surface area (Å²) in [5, 5.41) is 9.79. The van der Waals surface area contributed by atoms with Crippen LogP contribution in [0.5, 0.6) is 0 Å². The summed E-state index contributed by atoms with van der Waals surface area (Å²) in [6, 6.07) is 19.4. The number of hydrogen-bond acceptors (Lipinski definition) is 2. The van der Waals surface area contributed by atoms with Crippen LogP contribution in [0.15, 0.2) is 54.6 Å². The zero-order valence-electron chi connectivity index (χ0n) is 12.9. The molecule has 1 unspecified atom stereocenters. The Morgan fingerprint density at radius 3 is 2.23 bits per heavy atom. The molecule has 0 aromatic heterocycles. The highest BCUT2D eigenvalue weighted by molar-refractivity contribution is 5.67. The molecule has 2 aromatic carbocycles. The zero-order valence-corrected chi connectivity index (χ0v) is 12.9. The fraction of sp³-hybridized carbons (Fsp3) is 0.400. The Morgan fingerprint density at radius 1 is 0.864 bits per heavy atom. The van der Waals surface area contributed by atoms with E-state index in [9.17, 15) is 5.11 Å². The molecular weight excluding hydrogens is 270 g/mol. The first-order valence-corrected chi connectivity index (χ1v) is 8.33. The molecule has 2 fully saturated rings. The molecular formula is C20H23NO. The first kappa shape index (κ1) is 14.0. The van der Waals surface area contributed by atoms with E-state index in [1.54, 1.807) is 0 Å². The molecule has 4 rings (SSSR count). The van der Waals surface area contributed by atoms with E-state index in [4.69, 9.17) is 0 Å². The molecule has 2 aromatic rings. The first-order valence-electron chi connectivity index (χ1n) is 8.33. The van der Waals surface area contributed by atoms with Gasteiger partial charge in [0, 0.05) is 19.6 Å². The molecule has 1 N–H and O–H groups in total. The second-order valence-electron chi connectivity index (χ2n) is 6.86. The number of likely N-dealkylation sites (tertiary alicyclic amines) is 1. The zero-order chi connectivity index (χ0) is 14.9. The first-order chi connectivity index (χ1) is 10.8. The minimum Gasteiger partial charge on any atom is -0.393 e. The quantitative estimate of drug-likeness (QED) is 0.935. The molecule has 0 radical (unpaired) electrons. The highest BCUT2D eigenvalue weighted by Gasteiger charge is 2.40. The van der Waals surface area contributed by atoms with Gasteiger partial charge in [0.2, 0.25) is 0 Å². The molecule has 114 valence electrons. The van der Waals surface area contributed by atoms with Crippen molar-refractivity contribution in [1.82, 2.24) is 4.90 Å². The van der Waals surface area contributed by atoms with Crippen LogP contribution in [0.4, 0.5) is 0 Å². The van der Waals surface area contributed by atoms with Gasteiger partial charge in [0.15, 0.2) is 0 Å². The average molecular weight is 293 g/mol. The van der Waals surface area contributed by atoms with Crippen LogP contribution >= 0.6 is 0 Å². The molecule has 2 aliphatic rings. The van der Waals surface area contributed by atoms with Gasteiger partial charge in [0.1, 0.15) is 0 Å². The van der Waals surface area contributed by atoms with Crippen LogP contribution in [-0.2, 0) is 6.54 Å². The number of benzene rings is 2. The summed E-state index contributed by atoms with van der Waals surface area (Å²) in [4.78, 5) is 2.57. The van der Waals surface area contributed by atoms with Crippen molar-refractivity contribution in [2.45, 2.75) is 25.5 Å². The summed E-state index contributed by atoms with van der Waals surface area (Å²) >= 11 is 0. The van der Waals surface area contributed by atoms with E-state index in [1.165, 1.54) is 16.7 Å². The fourth-order valence-electron chi connectivity index (χ4n) is 4.29. The van der Waals surface area contributed by atoms with Crippen molar-refractivity contribution in [3.05, 3.63) is 60.2 Å². The van der Waals surface area contributed by atoms with Crippen molar-refractivity contribution >= 4 is 0 Å². The van der Waals surface area contributed by atoms with Crippen LogP contribution in [0, 0.1) is 11.8 Å². The minimum atomic E-state index is -0.0474. The molecule has 2 heteroatoms. The second kappa shape index (κ2) is 5.86. The topological polar surface area (TPSA) is 23.5 Å². The Hall–Kier alpha value is -1.64. The van der Waals surface area contributed by atoms with Gasteiger partial charge < -0.3 is 5.11 Å². The third-order valence-corrected chi connectivity index (χ3v) is 5.30. The van der Waals surface area contributed by atoms with Gasteiger partial charge in [-0.2, -0.15) is 0 Å². The lowest BCUT2D eigenvalue weighted by Crippen LogP contribution is -2.23. The Morgan fingerprint density at radius 2 is 1.50 bits per heavy atom. The molecule has 1 saturated carbocycles. The minimum absolute atomic E-state index is 0.0474. The highest BCUT2D eigenvalue weighted by Crippen LogP contribution is 2.39. The van der Waals surface area contributed by atoms with Crippen molar-refractivity contribution in [2.24, 2.45) is 11.8 Å². The van der Waals surface area contributed by atoms with E-state index < -0.39 is 0 Å². The highest BCUT2D eigenvalue weighted by atomic mass is 16.3. The van der Waals surface area contributed by atoms with Gasteiger partial charge in [-0.15, -0.1) is 0 Å². The van der Waals surface area contributed by atoms with Crippen molar-refractivity contribution in [3.63, 3.8) is 0 Å². The Bertz CT molecular complexity index is 625. The molecule has 2 nitrogen and oxygen atoms in total. The van der Waals surface area contributed by atoms with Gasteiger partial charge in [-0.1, -0.05) is 54.6 Å². The largest absolute Gasteiger partial charge is 0.393 e. The van der Waals surface area contributed by atoms with Gasteiger partial charge >= 0.3 is 0 Å². The van der Waals surface area contributed by atoms with E-state index in [0.717, 1.165) is 32.5 Å². The maximum Gasteiger partial charge on any atom is 0.0546 e. The fourth-order valence-corrected chi connectivity index (χ4v) is 4.29. The normalized spacial score (nSPS) is 28.0. The number of hydrogen-bond donors (Lipinski definition) is 1. The molecule has 0 amide bonds. The molecule has 1 saturated heterocycles. The Labute approximate surface area is 132 Å². The SMILES string of the molecule is OC1C[C@@H]2CN(Cc3ccccc3-c3ccccc3)C[C@@H]2C1. The van der Waals surface area contributed by atoms with Crippen LogP contribution < -0.4 is 0 Å². The van der Waals surface area contributed by atoms with Gasteiger partial charge in [0.05, 0.1) is 6.10 Å². The van der Waals surface area contributed by atoms with E-state index in [-0.39, 0.29) is 6.10 Å². The van der Waals surface area contributed by atoms with Gasteiger partial charge in [-0.25, -0.2) is 0 Å². The van der Waals surface area contributed by atoms with Crippen molar-refractivity contribution < 1.29 is 5.11 Å². The summed E-state index contributed by atoms with van der Waals surface area (Å²) < 4.78 is 0. The lowest BCUT2D eigenvalue weighted by Gasteiger charge is -2.20. The predicted octanol–water partition coefficient (Wildman–Crippen LogP) is 3.56. The van der Waals surface area contributed by atoms with Crippen LogP contribution in [0.2, 0.25) is 0 Å². The van der Waals surface area contributed by atoms with E-state index in [1.807, 2.05) is 0 Å². The van der Waals surface area contributed by atoms with Crippen molar-refractivity contribution in [2.75, 3.05) is 13.1 Å². The second-order valence-corrected chi connectivity index (χ2v) is 6.86.